The van der Waals surface area contributed by atoms with Gasteiger partial charge in [0.2, 0.25) is 0 Å². The highest BCUT2D eigenvalue weighted by Crippen LogP contribution is 2.36. The Hall–Kier alpha value is -2.36. The van der Waals surface area contributed by atoms with Gasteiger partial charge in [0, 0.05) is 62.5 Å². The Morgan fingerprint density at radius 2 is 1.43 bits per heavy atom. The summed E-state index contributed by atoms with van der Waals surface area (Å²) in [5.41, 5.74) is 1.19. The molecule has 1 aliphatic heterocycles. The predicted octanol–water partition coefficient (Wildman–Crippen LogP) is 5.05. The zero-order valence-electron chi connectivity index (χ0n) is 21.9. The zero-order valence-corrected chi connectivity index (χ0v) is 24.5. The molecule has 0 N–H and O–H groups in total. The summed E-state index contributed by atoms with van der Waals surface area (Å²) < 4.78 is 7.85. The van der Waals surface area contributed by atoms with E-state index in [-0.39, 0.29) is 15.6 Å². The molecule has 0 aliphatic carbocycles. The van der Waals surface area contributed by atoms with Crippen LogP contribution >= 0.6 is 15.9 Å². The van der Waals surface area contributed by atoms with Crippen LogP contribution in [0.25, 0.3) is 0 Å². The van der Waals surface area contributed by atoms with E-state index in [1.807, 2.05) is 6.07 Å². The second-order valence-electron chi connectivity index (χ2n) is 10.7. The third kappa shape index (κ3) is 6.38. The Morgan fingerprint density at radius 1 is 0.892 bits per heavy atom. The number of nitro benzene ring substituents is 1. The molecule has 1 heterocycles. The molecule has 8 heteroatoms. The van der Waals surface area contributed by atoms with Crippen molar-refractivity contribution in [1.82, 2.24) is 9.80 Å². The van der Waals surface area contributed by atoms with Crippen molar-refractivity contribution in [3.8, 4) is 0 Å². The molecule has 0 atom stereocenters. The minimum absolute atomic E-state index is 0.0213. The maximum atomic E-state index is 11.0. The van der Waals surface area contributed by atoms with Crippen molar-refractivity contribution in [2.75, 3.05) is 39.3 Å². The van der Waals surface area contributed by atoms with Crippen LogP contribution in [0, 0.1) is 10.1 Å². The van der Waals surface area contributed by atoms with E-state index in [2.05, 4.69) is 107 Å². The lowest BCUT2D eigenvalue weighted by Crippen LogP contribution is -2.67. The standard InChI is InChI=1S/C29H36BrN3O3Si/c1-29(2,3)37(26-10-6-4-7-11-26,27-12-8-5-9-13-27)36-21-20-31-16-18-32(19-17-31)23-24-14-15-25(33(34)35)22-28(24)30/h4-15,22H,16-21,23H2,1-3H3. The van der Waals surface area contributed by atoms with E-state index in [4.69, 9.17) is 4.43 Å². The number of rotatable bonds is 9. The van der Waals surface area contributed by atoms with Gasteiger partial charge in [0.05, 0.1) is 4.92 Å². The molecule has 3 aromatic carbocycles. The van der Waals surface area contributed by atoms with E-state index in [1.54, 1.807) is 12.1 Å². The molecular weight excluding hydrogens is 546 g/mol. The summed E-state index contributed by atoms with van der Waals surface area (Å²) in [6.07, 6.45) is 0. The summed E-state index contributed by atoms with van der Waals surface area (Å²) in [6, 6.07) is 26.6. The van der Waals surface area contributed by atoms with Gasteiger partial charge in [-0.25, -0.2) is 0 Å². The SMILES string of the molecule is CC(C)(C)[Si](OCCN1CCN(Cc2ccc([N+](=O)[O-])cc2Br)CC1)(c1ccccc1)c1ccccc1. The first-order valence-electron chi connectivity index (χ1n) is 12.8. The Morgan fingerprint density at radius 3 is 1.92 bits per heavy atom. The average molecular weight is 583 g/mol. The Bertz CT molecular complexity index is 1140. The van der Waals surface area contributed by atoms with E-state index < -0.39 is 8.32 Å². The molecule has 6 nitrogen and oxygen atoms in total. The maximum Gasteiger partial charge on any atom is 0.270 e. The van der Waals surface area contributed by atoms with Crippen LogP contribution in [0.2, 0.25) is 5.04 Å². The minimum atomic E-state index is -2.51. The van der Waals surface area contributed by atoms with Crippen LogP contribution in [-0.4, -0.2) is 62.4 Å². The molecule has 0 aromatic heterocycles. The number of hydrogen-bond acceptors (Lipinski definition) is 5. The van der Waals surface area contributed by atoms with Crippen molar-refractivity contribution in [1.29, 1.82) is 0 Å². The van der Waals surface area contributed by atoms with Crippen molar-refractivity contribution in [3.63, 3.8) is 0 Å². The highest BCUT2D eigenvalue weighted by atomic mass is 79.9. The predicted molar refractivity (Wildman–Crippen MR) is 156 cm³/mol. The summed E-state index contributed by atoms with van der Waals surface area (Å²) in [6.45, 7) is 13.2. The lowest BCUT2D eigenvalue weighted by molar-refractivity contribution is -0.384. The molecule has 0 saturated carbocycles. The molecule has 0 bridgehead atoms. The van der Waals surface area contributed by atoms with Gasteiger partial charge >= 0.3 is 0 Å². The molecule has 37 heavy (non-hydrogen) atoms. The third-order valence-corrected chi connectivity index (χ3v) is 13.0. The van der Waals surface area contributed by atoms with Crippen molar-refractivity contribution < 1.29 is 9.35 Å². The van der Waals surface area contributed by atoms with Crippen LogP contribution in [0.5, 0.6) is 0 Å². The van der Waals surface area contributed by atoms with Crippen LogP contribution in [0.3, 0.4) is 0 Å². The van der Waals surface area contributed by atoms with Gasteiger partial charge in [-0.15, -0.1) is 0 Å². The topological polar surface area (TPSA) is 58.8 Å². The Kier molecular flexibility index (Phi) is 8.97. The summed E-state index contributed by atoms with van der Waals surface area (Å²) in [7, 11) is -2.51. The molecule has 0 radical (unpaired) electrons. The molecule has 1 saturated heterocycles. The second-order valence-corrected chi connectivity index (χ2v) is 15.8. The number of non-ortho nitro benzene ring substituents is 1. The van der Waals surface area contributed by atoms with Gasteiger partial charge in [-0.2, -0.15) is 0 Å². The molecule has 0 unspecified atom stereocenters. The largest absolute Gasteiger partial charge is 0.406 e. The number of halogens is 1. The molecule has 1 aliphatic rings. The van der Waals surface area contributed by atoms with Crippen molar-refractivity contribution in [3.05, 3.63) is 99.0 Å². The minimum Gasteiger partial charge on any atom is -0.406 e. The van der Waals surface area contributed by atoms with Crippen LogP contribution in [-0.2, 0) is 11.0 Å². The fourth-order valence-corrected chi connectivity index (χ4v) is 10.3. The van der Waals surface area contributed by atoms with E-state index in [0.717, 1.165) is 49.3 Å². The Labute approximate surface area is 229 Å². The van der Waals surface area contributed by atoms with E-state index in [0.29, 0.717) is 6.61 Å². The third-order valence-electron chi connectivity index (χ3n) is 7.25. The number of piperazine rings is 1. The highest BCUT2D eigenvalue weighted by molar-refractivity contribution is 9.10. The number of benzene rings is 3. The summed E-state index contributed by atoms with van der Waals surface area (Å²) in [5.74, 6) is 0. The van der Waals surface area contributed by atoms with Crippen molar-refractivity contribution in [2.45, 2.75) is 32.4 Å². The maximum absolute atomic E-state index is 11.0. The fraction of sp³-hybridized carbons (Fsp3) is 0.379. The van der Waals surface area contributed by atoms with Crippen LogP contribution in [0.15, 0.2) is 83.3 Å². The van der Waals surface area contributed by atoms with E-state index in [9.17, 15) is 10.1 Å². The summed E-state index contributed by atoms with van der Waals surface area (Å²) in [5, 5.41) is 13.6. The first-order chi connectivity index (χ1) is 17.7. The fourth-order valence-electron chi connectivity index (χ4n) is 5.28. The van der Waals surface area contributed by atoms with Gasteiger partial charge in [0.25, 0.3) is 14.0 Å². The van der Waals surface area contributed by atoms with Crippen molar-refractivity contribution in [2.24, 2.45) is 0 Å². The number of hydrogen-bond donors (Lipinski definition) is 0. The molecule has 3 aromatic rings. The van der Waals surface area contributed by atoms with Gasteiger partial charge in [-0.1, -0.05) is 97.4 Å². The molecule has 0 spiro atoms. The normalized spacial score (nSPS) is 15.6. The van der Waals surface area contributed by atoms with Gasteiger partial charge in [0.15, 0.2) is 0 Å². The summed E-state index contributed by atoms with van der Waals surface area (Å²) in [4.78, 5) is 15.6. The second kappa shape index (κ2) is 12.0. The lowest BCUT2D eigenvalue weighted by Gasteiger charge is -2.43. The van der Waals surface area contributed by atoms with E-state index >= 15 is 0 Å². The molecule has 1 fully saturated rings. The first kappa shape index (κ1) is 27.7. The average Bonchev–Trinajstić information content (AvgIpc) is 2.89. The number of nitro groups is 1. The molecule has 196 valence electrons. The monoisotopic (exact) mass is 581 g/mol. The molecule has 4 rings (SSSR count). The quantitative estimate of drug-likeness (QED) is 0.201. The van der Waals surface area contributed by atoms with E-state index in [1.165, 1.54) is 10.4 Å². The molecular formula is C29H36BrN3O3Si. The number of nitrogens with zero attached hydrogens (tertiary/aromatic N) is 3. The highest BCUT2D eigenvalue weighted by Gasteiger charge is 2.50. The molecule has 0 amide bonds. The van der Waals surface area contributed by atoms with Gasteiger partial charge < -0.3 is 4.43 Å². The zero-order chi connectivity index (χ0) is 26.5. The van der Waals surface area contributed by atoms with Crippen molar-refractivity contribution >= 4 is 40.3 Å². The van der Waals surface area contributed by atoms with Gasteiger partial charge in [-0.05, 0) is 27.0 Å². The lowest BCUT2D eigenvalue weighted by atomic mass is 10.2. The van der Waals surface area contributed by atoms with Crippen LogP contribution in [0.4, 0.5) is 5.69 Å². The van der Waals surface area contributed by atoms with Gasteiger partial charge in [-0.3, -0.25) is 19.9 Å². The van der Waals surface area contributed by atoms with Gasteiger partial charge in [0.1, 0.15) is 0 Å². The van der Waals surface area contributed by atoms with Crippen LogP contribution in [0.1, 0.15) is 26.3 Å². The summed E-state index contributed by atoms with van der Waals surface area (Å²) >= 11 is 3.51. The smallest absolute Gasteiger partial charge is 0.270 e. The Balaban J connectivity index is 1.39. The van der Waals surface area contributed by atoms with Crippen LogP contribution < -0.4 is 10.4 Å². The first-order valence-corrected chi connectivity index (χ1v) is 15.5.